The third-order valence-electron chi connectivity index (χ3n) is 3.07. The van der Waals surface area contributed by atoms with Crippen LogP contribution in [0.5, 0.6) is 5.75 Å². The SMILES string of the molecule is CN=C(NCCOc1ccc(F)cc1F)NCCc1ncc(C)s1. The fourth-order valence-electron chi connectivity index (χ4n) is 1.95. The Morgan fingerprint density at radius 1 is 1.29 bits per heavy atom. The number of guanidine groups is 1. The Labute approximate surface area is 143 Å². The normalized spacial score (nSPS) is 11.4. The van der Waals surface area contributed by atoms with E-state index in [9.17, 15) is 8.78 Å². The van der Waals surface area contributed by atoms with E-state index in [4.69, 9.17) is 4.74 Å². The number of hydrogen-bond donors (Lipinski definition) is 2. The van der Waals surface area contributed by atoms with Gasteiger partial charge in [0.05, 0.1) is 11.6 Å². The van der Waals surface area contributed by atoms with Crippen molar-refractivity contribution in [1.82, 2.24) is 15.6 Å². The zero-order chi connectivity index (χ0) is 17.4. The lowest BCUT2D eigenvalue weighted by Crippen LogP contribution is -2.40. The zero-order valence-corrected chi connectivity index (χ0v) is 14.4. The lowest BCUT2D eigenvalue weighted by Gasteiger charge is -2.12. The summed E-state index contributed by atoms with van der Waals surface area (Å²) in [4.78, 5) is 9.59. The topological polar surface area (TPSA) is 58.5 Å². The summed E-state index contributed by atoms with van der Waals surface area (Å²) < 4.78 is 31.5. The first-order valence-electron chi connectivity index (χ1n) is 7.52. The molecule has 130 valence electrons. The molecule has 5 nitrogen and oxygen atoms in total. The van der Waals surface area contributed by atoms with Gasteiger partial charge in [0.2, 0.25) is 0 Å². The Morgan fingerprint density at radius 2 is 2.08 bits per heavy atom. The number of hydrogen-bond acceptors (Lipinski definition) is 4. The number of aryl methyl sites for hydroxylation is 1. The van der Waals surface area contributed by atoms with Crippen molar-refractivity contribution in [3.63, 3.8) is 0 Å². The second kappa shape index (κ2) is 9.17. The largest absolute Gasteiger partial charge is 0.489 e. The smallest absolute Gasteiger partial charge is 0.191 e. The van der Waals surface area contributed by atoms with Crippen molar-refractivity contribution in [3.05, 3.63) is 45.9 Å². The molecule has 1 aromatic carbocycles. The Balaban J connectivity index is 1.66. The Bertz CT molecular complexity index is 690. The molecule has 8 heteroatoms. The first kappa shape index (κ1) is 18.1. The highest BCUT2D eigenvalue weighted by molar-refractivity contribution is 7.11. The monoisotopic (exact) mass is 354 g/mol. The molecule has 1 heterocycles. The van der Waals surface area contributed by atoms with E-state index in [1.807, 2.05) is 13.1 Å². The molecule has 0 saturated heterocycles. The summed E-state index contributed by atoms with van der Waals surface area (Å²) in [6, 6.07) is 3.23. The molecule has 0 aliphatic carbocycles. The quantitative estimate of drug-likeness (QED) is 0.456. The van der Waals surface area contributed by atoms with Crippen molar-refractivity contribution in [3.8, 4) is 5.75 Å². The molecule has 2 N–H and O–H groups in total. The van der Waals surface area contributed by atoms with Crippen LogP contribution in [-0.4, -0.2) is 37.7 Å². The number of aromatic nitrogens is 1. The van der Waals surface area contributed by atoms with Crippen LogP contribution in [0.4, 0.5) is 8.78 Å². The van der Waals surface area contributed by atoms with Gasteiger partial charge in [-0.2, -0.15) is 0 Å². The summed E-state index contributed by atoms with van der Waals surface area (Å²) in [6.07, 6.45) is 2.68. The average Bonchev–Trinajstić information content (AvgIpc) is 2.96. The summed E-state index contributed by atoms with van der Waals surface area (Å²) in [5, 5.41) is 7.31. The lowest BCUT2D eigenvalue weighted by atomic mass is 10.3. The number of halogens is 2. The first-order chi connectivity index (χ1) is 11.6. The molecule has 0 saturated carbocycles. The van der Waals surface area contributed by atoms with Crippen LogP contribution in [0.25, 0.3) is 0 Å². The summed E-state index contributed by atoms with van der Waals surface area (Å²) in [7, 11) is 1.67. The highest BCUT2D eigenvalue weighted by Crippen LogP contribution is 2.17. The predicted octanol–water partition coefficient (Wildman–Crippen LogP) is 2.52. The molecule has 2 rings (SSSR count). The van der Waals surface area contributed by atoms with E-state index in [0.29, 0.717) is 19.0 Å². The number of benzene rings is 1. The van der Waals surface area contributed by atoms with Gasteiger partial charge in [0.1, 0.15) is 12.4 Å². The highest BCUT2D eigenvalue weighted by Gasteiger charge is 2.05. The van der Waals surface area contributed by atoms with Crippen LogP contribution in [0.2, 0.25) is 0 Å². The fourth-order valence-corrected chi connectivity index (χ4v) is 2.73. The Kier molecular flexibility index (Phi) is 6.92. The van der Waals surface area contributed by atoms with Crippen molar-refractivity contribution >= 4 is 17.3 Å². The third-order valence-corrected chi connectivity index (χ3v) is 4.04. The van der Waals surface area contributed by atoms with Crippen molar-refractivity contribution in [2.75, 3.05) is 26.7 Å². The first-order valence-corrected chi connectivity index (χ1v) is 8.34. The molecular formula is C16H20F2N4OS. The molecule has 0 atom stereocenters. The van der Waals surface area contributed by atoms with Crippen molar-refractivity contribution in [2.24, 2.45) is 4.99 Å². The average molecular weight is 354 g/mol. The van der Waals surface area contributed by atoms with Gasteiger partial charge in [-0.15, -0.1) is 11.3 Å². The molecule has 0 unspecified atom stereocenters. The van der Waals surface area contributed by atoms with E-state index in [0.717, 1.165) is 23.6 Å². The van der Waals surface area contributed by atoms with E-state index in [-0.39, 0.29) is 12.4 Å². The molecule has 0 radical (unpaired) electrons. The number of nitrogens with zero attached hydrogens (tertiary/aromatic N) is 2. The minimum atomic E-state index is -0.712. The molecule has 0 aliphatic rings. The van der Waals surface area contributed by atoms with Gasteiger partial charge in [-0.05, 0) is 19.1 Å². The standard InChI is InChI=1S/C16H20F2N4OS/c1-11-10-22-15(24-11)5-6-20-16(19-2)21-7-8-23-14-4-3-12(17)9-13(14)18/h3-4,9-10H,5-8H2,1-2H3,(H2,19,20,21). The molecule has 24 heavy (non-hydrogen) atoms. The van der Waals surface area contributed by atoms with Crippen LogP contribution < -0.4 is 15.4 Å². The van der Waals surface area contributed by atoms with E-state index in [1.54, 1.807) is 18.4 Å². The number of rotatable bonds is 7. The molecule has 0 aliphatic heterocycles. The maximum Gasteiger partial charge on any atom is 0.191 e. The van der Waals surface area contributed by atoms with Gasteiger partial charge in [0.25, 0.3) is 0 Å². The fraction of sp³-hybridized carbons (Fsp3) is 0.375. The minimum Gasteiger partial charge on any atom is -0.489 e. The Morgan fingerprint density at radius 3 is 2.75 bits per heavy atom. The summed E-state index contributed by atoms with van der Waals surface area (Å²) in [5.41, 5.74) is 0. The molecular weight excluding hydrogens is 334 g/mol. The third kappa shape index (κ3) is 5.77. The van der Waals surface area contributed by atoms with Crippen LogP contribution in [-0.2, 0) is 6.42 Å². The molecule has 1 aromatic heterocycles. The van der Waals surface area contributed by atoms with Gasteiger partial charge in [-0.25, -0.2) is 13.8 Å². The van der Waals surface area contributed by atoms with Crippen LogP contribution in [0.15, 0.2) is 29.4 Å². The molecule has 2 aromatic rings. The van der Waals surface area contributed by atoms with Crippen LogP contribution >= 0.6 is 11.3 Å². The van der Waals surface area contributed by atoms with E-state index >= 15 is 0 Å². The van der Waals surface area contributed by atoms with Crippen molar-refractivity contribution in [1.29, 1.82) is 0 Å². The molecule has 0 spiro atoms. The number of thiazole rings is 1. The van der Waals surface area contributed by atoms with Gasteiger partial charge in [0, 0.05) is 37.2 Å². The maximum absolute atomic E-state index is 13.4. The summed E-state index contributed by atoms with van der Waals surface area (Å²) in [6.45, 7) is 3.40. The van der Waals surface area contributed by atoms with Gasteiger partial charge >= 0.3 is 0 Å². The van der Waals surface area contributed by atoms with Crippen molar-refractivity contribution < 1.29 is 13.5 Å². The van der Waals surface area contributed by atoms with E-state index < -0.39 is 11.6 Å². The van der Waals surface area contributed by atoms with Crippen molar-refractivity contribution in [2.45, 2.75) is 13.3 Å². The van der Waals surface area contributed by atoms with Gasteiger partial charge in [-0.1, -0.05) is 0 Å². The van der Waals surface area contributed by atoms with Crippen LogP contribution in [0.3, 0.4) is 0 Å². The molecule has 0 amide bonds. The summed E-state index contributed by atoms with van der Waals surface area (Å²) in [5.74, 6) is -0.680. The second-order valence-corrected chi connectivity index (χ2v) is 6.28. The second-order valence-electron chi connectivity index (χ2n) is 4.96. The number of ether oxygens (including phenoxy) is 1. The molecule has 0 bridgehead atoms. The van der Waals surface area contributed by atoms with Crippen LogP contribution in [0, 0.1) is 18.6 Å². The predicted molar refractivity (Wildman–Crippen MR) is 91.8 cm³/mol. The highest BCUT2D eigenvalue weighted by atomic mass is 32.1. The summed E-state index contributed by atoms with van der Waals surface area (Å²) >= 11 is 1.67. The number of nitrogens with one attached hydrogen (secondary N) is 2. The van der Waals surface area contributed by atoms with Gasteiger partial charge in [0.15, 0.2) is 17.5 Å². The van der Waals surface area contributed by atoms with E-state index in [2.05, 4.69) is 20.6 Å². The molecule has 0 fully saturated rings. The van der Waals surface area contributed by atoms with Gasteiger partial charge < -0.3 is 15.4 Å². The van der Waals surface area contributed by atoms with E-state index in [1.165, 1.54) is 10.9 Å². The Hall–Kier alpha value is -2.22. The maximum atomic E-state index is 13.4. The van der Waals surface area contributed by atoms with Crippen LogP contribution in [0.1, 0.15) is 9.88 Å². The minimum absolute atomic E-state index is 0.0280. The zero-order valence-electron chi connectivity index (χ0n) is 13.6. The number of aliphatic imine (C=N–C) groups is 1. The van der Waals surface area contributed by atoms with Gasteiger partial charge in [-0.3, -0.25) is 4.99 Å². The lowest BCUT2D eigenvalue weighted by molar-refractivity contribution is 0.304.